The number of carbonyl (C=O) groups excluding carboxylic acids is 1. The molecular formula is C13H22ClN3O3S. The first-order valence-corrected chi connectivity index (χ1v) is 8.14. The Morgan fingerprint density at radius 3 is 2.52 bits per heavy atom. The Bertz CT molecular complexity index is 576. The van der Waals surface area contributed by atoms with Gasteiger partial charge in [0.05, 0.1) is 11.4 Å². The molecule has 6 nitrogen and oxygen atoms in total. The maximum absolute atomic E-state index is 11.6. The van der Waals surface area contributed by atoms with Crippen molar-refractivity contribution in [2.75, 3.05) is 22.3 Å². The van der Waals surface area contributed by atoms with E-state index in [9.17, 15) is 13.2 Å². The number of hydrogen-bond acceptors (Lipinski definition) is 4. The molecule has 0 radical (unpaired) electrons. The molecule has 0 atom stereocenters. The summed E-state index contributed by atoms with van der Waals surface area (Å²) < 4.78 is 25.5. The van der Waals surface area contributed by atoms with Crippen molar-refractivity contribution in [2.45, 2.75) is 26.7 Å². The molecule has 1 rings (SSSR count). The van der Waals surface area contributed by atoms with Gasteiger partial charge >= 0.3 is 0 Å². The van der Waals surface area contributed by atoms with Gasteiger partial charge in [-0.25, -0.2) is 8.42 Å². The van der Waals surface area contributed by atoms with Crippen LogP contribution in [-0.4, -0.2) is 26.6 Å². The first-order chi connectivity index (χ1) is 9.38. The second-order valence-corrected chi connectivity index (χ2v) is 6.49. The quantitative estimate of drug-likeness (QED) is 0.707. The lowest BCUT2D eigenvalue weighted by molar-refractivity contribution is -0.116. The molecule has 0 aromatic heterocycles. The standard InChI is InChI=1S/C13H21N3O3S.ClH/c1-3-20(18,19)16-12-7-6-11(9-10(12)2)15-13(17)5-4-8-14;/h6-7,9,16H,3-5,8,14H2,1-2H3,(H,15,17);1H. The summed E-state index contributed by atoms with van der Waals surface area (Å²) >= 11 is 0. The Morgan fingerprint density at radius 2 is 2.00 bits per heavy atom. The fraction of sp³-hybridized carbons (Fsp3) is 0.462. The van der Waals surface area contributed by atoms with Crippen LogP contribution in [-0.2, 0) is 14.8 Å². The second kappa shape index (κ2) is 8.86. The third kappa shape index (κ3) is 6.79. The number of carbonyl (C=O) groups is 1. The molecule has 0 aliphatic carbocycles. The van der Waals surface area contributed by atoms with E-state index in [1.807, 2.05) is 0 Å². The van der Waals surface area contributed by atoms with E-state index in [2.05, 4.69) is 10.0 Å². The zero-order valence-electron chi connectivity index (χ0n) is 12.2. The molecule has 0 aliphatic rings. The molecule has 1 aromatic rings. The maximum Gasteiger partial charge on any atom is 0.232 e. The predicted molar refractivity (Wildman–Crippen MR) is 88.4 cm³/mol. The average molecular weight is 336 g/mol. The van der Waals surface area contributed by atoms with E-state index in [4.69, 9.17) is 5.73 Å². The summed E-state index contributed by atoms with van der Waals surface area (Å²) in [6.45, 7) is 3.83. The van der Waals surface area contributed by atoms with E-state index in [0.29, 0.717) is 30.8 Å². The number of anilines is 2. The first-order valence-electron chi connectivity index (χ1n) is 6.49. The van der Waals surface area contributed by atoms with Gasteiger partial charge < -0.3 is 11.1 Å². The molecule has 21 heavy (non-hydrogen) atoms. The molecule has 8 heteroatoms. The molecule has 0 saturated carbocycles. The molecular weight excluding hydrogens is 314 g/mol. The third-order valence-electron chi connectivity index (χ3n) is 2.76. The van der Waals surface area contributed by atoms with Gasteiger partial charge in [0.1, 0.15) is 0 Å². The SMILES string of the molecule is CCS(=O)(=O)Nc1ccc(NC(=O)CCCN)cc1C.Cl. The van der Waals surface area contributed by atoms with Crippen LogP contribution in [0.2, 0.25) is 0 Å². The Morgan fingerprint density at radius 1 is 1.33 bits per heavy atom. The highest BCUT2D eigenvalue weighted by Crippen LogP contribution is 2.21. The van der Waals surface area contributed by atoms with Crippen LogP contribution in [0.3, 0.4) is 0 Å². The first kappa shape index (κ1) is 19.7. The summed E-state index contributed by atoms with van der Waals surface area (Å²) in [5, 5.41) is 2.75. The highest BCUT2D eigenvalue weighted by atomic mass is 35.5. The molecule has 0 saturated heterocycles. The van der Waals surface area contributed by atoms with Crippen LogP contribution in [0.15, 0.2) is 18.2 Å². The van der Waals surface area contributed by atoms with E-state index in [-0.39, 0.29) is 24.1 Å². The smallest absolute Gasteiger partial charge is 0.232 e. The number of amides is 1. The van der Waals surface area contributed by atoms with Crippen molar-refractivity contribution in [1.29, 1.82) is 0 Å². The zero-order chi connectivity index (χ0) is 15.2. The Hall–Kier alpha value is -1.31. The van der Waals surface area contributed by atoms with Gasteiger partial charge in [-0.3, -0.25) is 9.52 Å². The number of halogens is 1. The van der Waals surface area contributed by atoms with E-state index < -0.39 is 10.0 Å². The minimum absolute atomic E-state index is 0. The molecule has 0 aliphatic heterocycles. The van der Waals surface area contributed by atoms with Crippen molar-refractivity contribution < 1.29 is 13.2 Å². The molecule has 0 fully saturated rings. The van der Waals surface area contributed by atoms with Crippen LogP contribution in [0.1, 0.15) is 25.3 Å². The van der Waals surface area contributed by atoms with Gasteiger partial charge in [-0.1, -0.05) is 0 Å². The second-order valence-electron chi connectivity index (χ2n) is 4.48. The number of rotatable bonds is 7. The third-order valence-corrected chi connectivity index (χ3v) is 4.05. The van der Waals surface area contributed by atoms with Crippen molar-refractivity contribution in [3.8, 4) is 0 Å². The predicted octanol–water partition coefficient (Wildman–Crippen LogP) is 1.86. The highest BCUT2D eigenvalue weighted by Gasteiger charge is 2.09. The molecule has 4 N–H and O–H groups in total. The van der Waals surface area contributed by atoms with Crippen LogP contribution >= 0.6 is 12.4 Å². The van der Waals surface area contributed by atoms with E-state index in [0.717, 1.165) is 5.56 Å². The summed E-state index contributed by atoms with van der Waals surface area (Å²) in [4.78, 5) is 11.6. The normalized spacial score (nSPS) is 10.6. The number of benzene rings is 1. The largest absolute Gasteiger partial charge is 0.330 e. The zero-order valence-corrected chi connectivity index (χ0v) is 13.8. The maximum atomic E-state index is 11.6. The van der Waals surface area contributed by atoms with Gasteiger partial charge in [0, 0.05) is 12.1 Å². The monoisotopic (exact) mass is 335 g/mol. The number of aryl methyl sites for hydroxylation is 1. The summed E-state index contributed by atoms with van der Waals surface area (Å²) in [7, 11) is -3.29. The molecule has 0 heterocycles. The molecule has 120 valence electrons. The van der Waals surface area contributed by atoms with Crippen LogP contribution in [0.5, 0.6) is 0 Å². The van der Waals surface area contributed by atoms with Gasteiger partial charge in [-0.2, -0.15) is 0 Å². The van der Waals surface area contributed by atoms with Crippen LogP contribution < -0.4 is 15.8 Å². The van der Waals surface area contributed by atoms with Crippen LogP contribution in [0.4, 0.5) is 11.4 Å². The van der Waals surface area contributed by atoms with Crippen molar-refractivity contribution in [3.05, 3.63) is 23.8 Å². The minimum atomic E-state index is -3.29. The topological polar surface area (TPSA) is 101 Å². The van der Waals surface area contributed by atoms with Crippen LogP contribution in [0, 0.1) is 6.92 Å². The van der Waals surface area contributed by atoms with E-state index in [1.54, 1.807) is 32.0 Å². The number of nitrogens with one attached hydrogen (secondary N) is 2. The summed E-state index contributed by atoms with van der Waals surface area (Å²) in [6.07, 6.45) is 1.01. The van der Waals surface area contributed by atoms with Crippen molar-refractivity contribution >= 4 is 39.7 Å². The van der Waals surface area contributed by atoms with Gasteiger partial charge in [-0.15, -0.1) is 12.4 Å². The van der Waals surface area contributed by atoms with Gasteiger partial charge in [0.2, 0.25) is 15.9 Å². The number of hydrogen-bond donors (Lipinski definition) is 3. The van der Waals surface area contributed by atoms with E-state index >= 15 is 0 Å². The lowest BCUT2D eigenvalue weighted by atomic mass is 10.2. The highest BCUT2D eigenvalue weighted by molar-refractivity contribution is 7.92. The number of nitrogens with two attached hydrogens (primary N) is 1. The Labute approximate surface area is 132 Å². The van der Waals surface area contributed by atoms with Crippen molar-refractivity contribution in [3.63, 3.8) is 0 Å². The fourth-order valence-corrected chi connectivity index (χ4v) is 2.29. The summed E-state index contributed by atoms with van der Waals surface area (Å²) in [5.41, 5.74) is 7.25. The average Bonchev–Trinajstić information content (AvgIpc) is 2.39. The van der Waals surface area contributed by atoms with Gasteiger partial charge in [0.25, 0.3) is 0 Å². The van der Waals surface area contributed by atoms with Crippen LogP contribution in [0.25, 0.3) is 0 Å². The lowest BCUT2D eigenvalue weighted by Crippen LogP contribution is -2.16. The molecule has 1 aromatic carbocycles. The Kier molecular flexibility index (Phi) is 8.31. The minimum Gasteiger partial charge on any atom is -0.330 e. The van der Waals surface area contributed by atoms with Crippen molar-refractivity contribution in [1.82, 2.24) is 0 Å². The number of sulfonamides is 1. The fourth-order valence-electron chi connectivity index (χ4n) is 1.58. The molecule has 0 unspecified atom stereocenters. The Balaban J connectivity index is 0.00000400. The summed E-state index contributed by atoms with van der Waals surface area (Å²) in [6, 6.07) is 5.04. The van der Waals surface area contributed by atoms with Gasteiger partial charge in [-0.05, 0) is 50.6 Å². The summed E-state index contributed by atoms with van der Waals surface area (Å²) in [5.74, 6) is -0.0824. The van der Waals surface area contributed by atoms with E-state index in [1.165, 1.54) is 0 Å². The molecule has 0 spiro atoms. The molecule has 1 amide bonds. The lowest BCUT2D eigenvalue weighted by Gasteiger charge is -2.11. The van der Waals surface area contributed by atoms with Crippen molar-refractivity contribution in [2.24, 2.45) is 5.73 Å². The molecule has 0 bridgehead atoms. The van der Waals surface area contributed by atoms with Gasteiger partial charge in [0.15, 0.2) is 0 Å².